The second-order valence-corrected chi connectivity index (χ2v) is 10.3. The van der Waals surface area contributed by atoms with Gasteiger partial charge >= 0.3 is 0 Å². The molecular formula is C16H16ClN3O4S2. The molecule has 0 aliphatic rings. The van der Waals surface area contributed by atoms with Gasteiger partial charge in [0.15, 0.2) is 9.84 Å². The maximum Gasteiger partial charge on any atom is 0.244 e. The number of imidazole rings is 1. The van der Waals surface area contributed by atoms with Crippen LogP contribution >= 0.6 is 11.6 Å². The lowest BCUT2D eigenvalue weighted by Crippen LogP contribution is -2.27. The summed E-state index contributed by atoms with van der Waals surface area (Å²) in [4.78, 5) is 7.03. The van der Waals surface area contributed by atoms with Gasteiger partial charge in [0, 0.05) is 13.3 Å². The molecule has 1 heterocycles. The number of aromatic nitrogens is 2. The molecule has 0 saturated heterocycles. The summed E-state index contributed by atoms with van der Waals surface area (Å²) < 4.78 is 50.2. The third kappa shape index (κ3) is 3.61. The molecule has 2 aromatic carbocycles. The number of hydrogen-bond acceptors (Lipinski definition) is 5. The van der Waals surface area contributed by atoms with Gasteiger partial charge in [-0.2, -0.15) is 4.31 Å². The van der Waals surface area contributed by atoms with Crippen LogP contribution in [0.15, 0.2) is 52.3 Å². The van der Waals surface area contributed by atoms with Crippen LogP contribution in [0.1, 0.15) is 5.82 Å². The zero-order valence-electron chi connectivity index (χ0n) is 14.0. The SMILES string of the molecule is CN(Cc1nc2ccccc2[nH]1)S(=O)(=O)c1cc(S(C)(=O)=O)ccc1Cl. The fourth-order valence-corrected chi connectivity index (χ4v) is 4.81. The maximum absolute atomic E-state index is 12.9. The fraction of sp³-hybridized carbons (Fsp3) is 0.188. The molecule has 138 valence electrons. The summed E-state index contributed by atoms with van der Waals surface area (Å²) in [6.45, 7) is -0.0174. The van der Waals surface area contributed by atoms with Crippen LogP contribution in [0.5, 0.6) is 0 Å². The van der Waals surface area contributed by atoms with Gasteiger partial charge in [0.2, 0.25) is 10.0 Å². The van der Waals surface area contributed by atoms with E-state index in [1.54, 1.807) is 0 Å². The Labute approximate surface area is 156 Å². The third-order valence-corrected chi connectivity index (χ3v) is 7.23. The molecule has 1 N–H and O–H groups in total. The van der Waals surface area contributed by atoms with E-state index in [4.69, 9.17) is 11.6 Å². The summed E-state index contributed by atoms with van der Waals surface area (Å²) in [5.74, 6) is 0.465. The molecule has 0 aliphatic carbocycles. The Balaban J connectivity index is 1.96. The number of H-pyrrole nitrogens is 1. The monoisotopic (exact) mass is 413 g/mol. The van der Waals surface area contributed by atoms with E-state index in [0.717, 1.165) is 27.7 Å². The zero-order chi connectivity index (χ0) is 19.1. The number of nitrogens with zero attached hydrogens (tertiary/aromatic N) is 2. The molecule has 0 saturated carbocycles. The predicted octanol–water partition coefficient (Wildman–Crippen LogP) is 2.44. The van der Waals surface area contributed by atoms with Gasteiger partial charge in [-0.15, -0.1) is 0 Å². The first-order chi connectivity index (χ1) is 12.1. The number of rotatable bonds is 5. The molecule has 0 fully saturated rings. The highest BCUT2D eigenvalue weighted by molar-refractivity contribution is 7.91. The van der Waals surface area contributed by atoms with Crippen molar-refractivity contribution in [3.05, 3.63) is 53.3 Å². The van der Waals surface area contributed by atoms with Crippen molar-refractivity contribution in [1.82, 2.24) is 14.3 Å². The molecule has 26 heavy (non-hydrogen) atoms. The van der Waals surface area contributed by atoms with Gasteiger partial charge in [0.25, 0.3) is 0 Å². The second kappa shape index (κ2) is 6.66. The summed E-state index contributed by atoms with van der Waals surface area (Å²) in [5, 5.41) is -0.0474. The maximum atomic E-state index is 12.9. The van der Waals surface area contributed by atoms with Crippen molar-refractivity contribution in [2.75, 3.05) is 13.3 Å². The van der Waals surface area contributed by atoms with Crippen molar-refractivity contribution >= 4 is 42.5 Å². The fourth-order valence-electron chi connectivity index (χ4n) is 2.46. The number of para-hydroxylation sites is 2. The Morgan fingerprint density at radius 2 is 1.81 bits per heavy atom. The number of sulfone groups is 1. The van der Waals surface area contributed by atoms with E-state index >= 15 is 0 Å². The number of aromatic amines is 1. The average Bonchev–Trinajstić information content (AvgIpc) is 2.96. The Morgan fingerprint density at radius 3 is 2.46 bits per heavy atom. The quantitative estimate of drug-likeness (QED) is 0.692. The van der Waals surface area contributed by atoms with Gasteiger partial charge in [0.05, 0.1) is 27.5 Å². The van der Waals surface area contributed by atoms with E-state index < -0.39 is 19.9 Å². The summed E-state index contributed by atoms with van der Waals surface area (Å²) in [5.41, 5.74) is 1.52. The van der Waals surface area contributed by atoms with Crippen molar-refractivity contribution in [3.63, 3.8) is 0 Å². The normalized spacial score (nSPS) is 12.8. The first kappa shape index (κ1) is 18.8. The van der Waals surface area contributed by atoms with E-state index in [1.165, 1.54) is 19.2 Å². The van der Waals surface area contributed by atoms with Crippen molar-refractivity contribution in [1.29, 1.82) is 0 Å². The van der Waals surface area contributed by atoms with Crippen LogP contribution in [0.25, 0.3) is 11.0 Å². The van der Waals surface area contributed by atoms with Crippen LogP contribution < -0.4 is 0 Å². The standard InChI is InChI=1S/C16H16ClN3O4S2/c1-20(10-16-18-13-5-3-4-6-14(13)19-16)26(23,24)15-9-11(25(2,21)22)7-8-12(15)17/h3-9H,10H2,1-2H3,(H,18,19). The van der Waals surface area contributed by atoms with Gasteiger partial charge in [-0.05, 0) is 30.3 Å². The lowest BCUT2D eigenvalue weighted by molar-refractivity contribution is 0.458. The lowest BCUT2D eigenvalue weighted by Gasteiger charge is -2.17. The van der Waals surface area contributed by atoms with Gasteiger partial charge in [-0.1, -0.05) is 23.7 Å². The van der Waals surface area contributed by atoms with E-state index in [-0.39, 0.29) is 21.4 Å². The summed E-state index contributed by atoms with van der Waals surface area (Å²) in [6.07, 6.45) is 1.00. The highest BCUT2D eigenvalue weighted by Gasteiger charge is 2.26. The number of hydrogen-bond donors (Lipinski definition) is 1. The smallest absolute Gasteiger partial charge is 0.244 e. The van der Waals surface area contributed by atoms with Crippen molar-refractivity contribution < 1.29 is 16.8 Å². The van der Waals surface area contributed by atoms with Crippen molar-refractivity contribution in [3.8, 4) is 0 Å². The molecule has 0 radical (unpaired) electrons. The molecule has 1 aromatic heterocycles. The molecule has 0 amide bonds. The highest BCUT2D eigenvalue weighted by atomic mass is 35.5. The zero-order valence-corrected chi connectivity index (χ0v) is 16.4. The summed E-state index contributed by atoms with van der Waals surface area (Å²) >= 11 is 6.02. The van der Waals surface area contributed by atoms with Gasteiger partial charge < -0.3 is 4.98 Å². The molecule has 0 spiro atoms. The molecule has 7 nitrogen and oxygen atoms in total. The van der Waals surface area contributed by atoms with Gasteiger partial charge in [0.1, 0.15) is 10.7 Å². The van der Waals surface area contributed by atoms with Crippen LogP contribution in [-0.2, 0) is 26.4 Å². The molecule has 10 heteroatoms. The molecule has 0 bridgehead atoms. The molecular weight excluding hydrogens is 398 g/mol. The van der Waals surface area contributed by atoms with Crippen molar-refractivity contribution in [2.45, 2.75) is 16.3 Å². The van der Waals surface area contributed by atoms with Crippen LogP contribution in [0.4, 0.5) is 0 Å². The topological polar surface area (TPSA) is 100 Å². The molecule has 0 unspecified atom stereocenters. The Kier molecular flexibility index (Phi) is 4.82. The lowest BCUT2D eigenvalue weighted by atomic mass is 10.3. The van der Waals surface area contributed by atoms with E-state index in [9.17, 15) is 16.8 Å². The van der Waals surface area contributed by atoms with E-state index in [2.05, 4.69) is 9.97 Å². The van der Waals surface area contributed by atoms with E-state index in [0.29, 0.717) is 5.82 Å². The number of nitrogens with one attached hydrogen (secondary N) is 1. The minimum Gasteiger partial charge on any atom is -0.341 e. The highest BCUT2D eigenvalue weighted by Crippen LogP contribution is 2.27. The number of fused-ring (bicyclic) bond motifs is 1. The van der Waals surface area contributed by atoms with Gasteiger partial charge in [-0.3, -0.25) is 0 Å². The first-order valence-corrected chi connectivity index (χ1v) is 11.2. The minimum absolute atomic E-state index is 0.0174. The van der Waals surface area contributed by atoms with Crippen LogP contribution in [-0.4, -0.2) is 44.4 Å². The molecule has 0 aliphatic heterocycles. The Bertz CT molecular complexity index is 1150. The first-order valence-electron chi connectivity index (χ1n) is 7.48. The second-order valence-electron chi connectivity index (χ2n) is 5.83. The van der Waals surface area contributed by atoms with Gasteiger partial charge in [-0.25, -0.2) is 21.8 Å². The van der Waals surface area contributed by atoms with Crippen LogP contribution in [0.3, 0.4) is 0 Å². The van der Waals surface area contributed by atoms with E-state index in [1.807, 2.05) is 24.3 Å². The summed E-state index contributed by atoms with van der Waals surface area (Å²) in [6, 6.07) is 11.0. The molecule has 3 rings (SSSR count). The summed E-state index contributed by atoms with van der Waals surface area (Å²) in [7, 11) is -6.19. The minimum atomic E-state index is -4.01. The van der Waals surface area contributed by atoms with Crippen LogP contribution in [0, 0.1) is 0 Å². The number of benzene rings is 2. The average molecular weight is 414 g/mol. The predicted molar refractivity (Wildman–Crippen MR) is 99.3 cm³/mol. The molecule has 3 aromatic rings. The number of halogens is 1. The Morgan fingerprint density at radius 1 is 1.12 bits per heavy atom. The Hall–Kier alpha value is -1.94. The van der Waals surface area contributed by atoms with Crippen molar-refractivity contribution in [2.24, 2.45) is 0 Å². The van der Waals surface area contributed by atoms with Crippen LogP contribution in [0.2, 0.25) is 5.02 Å². The molecule has 0 atom stereocenters. The number of sulfonamides is 1. The largest absolute Gasteiger partial charge is 0.341 e. The third-order valence-electron chi connectivity index (χ3n) is 3.83.